The van der Waals surface area contributed by atoms with Crippen LogP contribution in [-0.2, 0) is 0 Å². The zero-order chi connectivity index (χ0) is 14.2. The topological polar surface area (TPSA) is 27.7 Å². The first-order valence-corrected chi connectivity index (χ1v) is 6.52. The zero-order valence-corrected chi connectivity index (χ0v) is 11.3. The number of hydrogen-bond acceptors (Lipinski definition) is 3. The van der Waals surface area contributed by atoms with E-state index in [1.54, 1.807) is 18.2 Å². The Morgan fingerprint density at radius 3 is 2.30 bits per heavy atom. The fourth-order valence-electron chi connectivity index (χ4n) is 1.69. The van der Waals surface area contributed by atoms with Gasteiger partial charge >= 0.3 is 0 Å². The van der Waals surface area contributed by atoms with E-state index in [9.17, 15) is 4.39 Å². The summed E-state index contributed by atoms with van der Waals surface area (Å²) in [6.07, 6.45) is 0. The third-order valence-corrected chi connectivity index (χ3v) is 2.56. The number of rotatable bonds is 7. The van der Waals surface area contributed by atoms with E-state index in [2.05, 4.69) is 0 Å². The molecule has 0 amide bonds. The summed E-state index contributed by atoms with van der Waals surface area (Å²) in [6, 6.07) is 13.7. The summed E-state index contributed by atoms with van der Waals surface area (Å²) < 4.78 is 29.5. The molecular formula is C16H17FO3. The zero-order valence-electron chi connectivity index (χ0n) is 11.3. The van der Waals surface area contributed by atoms with E-state index in [4.69, 9.17) is 14.2 Å². The molecule has 0 atom stereocenters. The van der Waals surface area contributed by atoms with Gasteiger partial charge in [-0.25, -0.2) is 4.39 Å². The van der Waals surface area contributed by atoms with Crippen molar-refractivity contribution in [2.24, 2.45) is 0 Å². The van der Waals surface area contributed by atoms with Crippen LogP contribution in [0.3, 0.4) is 0 Å². The fourth-order valence-corrected chi connectivity index (χ4v) is 1.69. The van der Waals surface area contributed by atoms with Crippen LogP contribution in [0.25, 0.3) is 0 Å². The van der Waals surface area contributed by atoms with E-state index >= 15 is 0 Å². The van der Waals surface area contributed by atoms with Gasteiger partial charge in [0.1, 0.15) is 24.7 Å². The van der Waals surface area contributed by atoms with Crippen molar-refractivity contribution >= 4 is 0 Å². The SMILES string of the molecule is CCOc1cccc(OCCOc2ccccc2F)c1. The van der Waals surface area contributed by atoms with Gasteiger partial charge in [0.05, 0.1) is 6.61 Å². The quantitative estimate of drug-likeness (QED) is 0.722. The molecule has 0 aliphatic heterocycles. The number of para-hydroxylation sites is 1. The van der Waals surface area contributed by atoms with E-state index in [-0.39, 0.29) is 18.2 Å². The first kappa shape index (κ1) is 14.2. The van der Waals surface area contributed by atoms with Crippen molar-refractivity contribution in [1.29, 1.82) is 0 Å². The molecule has 2 aromatic rings. The summed E-state index contributed by atoms with van der Waals surface area (Å²) in [5.41, 5.74) is 0. The van der Waals surface area contributed by atoms with Gasteiger partial charge in [0.25, 0.3) is 0 Å². The monoisotopic (exact) mass is 276 g/mol. The molecule has 0 unspecified atom stereocenters. The van der Waals surface area contributed by atoms with E-state index in [0.717, 1.165) is 5.75 Å². The van der Waals surface area contributed by atoms with Gasteiger partial charge in [-0.3, -0.25) is 0 Å². The molecule has 0 aliphatic carbocycles. The summed E-state index contributed by atoms with van der Waals surface area (Å²) >= 11 is 0. The van der Waals surface area contributed by atoms with Crippen LogP contribution in [0.1, 0.15) is 6.92 Å². The van der Waals surface area contributed by atoms with Gasteiger partial charge in [0, 0.05) is 6.07 Å². The maximum Gasteiger partial charge on any atom is 0.165 e. The lowest BCUT2D eigenvalue weighted by atomic mass is 10.3. The van der Waals surface area contributed by atoms with Crippen LogP contribution >= 0.6 is 0 Å². The van der Waals surface area contributed by atoms with Crippen molar-refractivity contribution in [2.75, 3.05) is 19.8 Å². The van der Waals surface area contributed by atoms with Crippen LogP contribution in [-0.4, -0.2) is 19.8 Å². The van der Waals surface area contributed by atoms with Crippen molar-refractivity contribution in [3.63, 3.8) is 0 Å². The van der Waals surface area contributed by atoms with Crippen molar-refractivity contribution in [3.05, 3.63) is 54.3 Å². The lowest BCUT2D eigenvalue weighted by molar-refractivity contribution is 0.210. The minimum absolute atomic E-state index is 0.235. The molecule has 0 fully saturated rings. The average molecular weight is 276 g/mol. The Labute approximate surface area is 117 Å². The van der Waals surface area contributed by atoms with Crippen LogP contribution in [0.5, 0.6) is 17.2 Å². The standard InChI is InChI=1S/C16H17FO3/c1-2-18-13-6-5-7-14(12-13)19-10-11-20-16-9-4-3-8-15(16)17/h3-9,12H,2,10-11H2,1H3. The van der Waals surface area contributed by atoms with Crippen LogP contribution in [0, 0.1) is 5.82 Å². The van der Waals surface area contributed by atoms with Crippen LogP contribution in [0.15, 0.2) is 48.5 Å². The Bertz CT molecular complexity index is 543. The van der Waals surface area contributed by atoms with Gasteiger partial charge in [0.15, 0.2) is 11.6 Å². The summed E-state index contributed by atoms with van der Waals surface area (Å²) in [5.74, 6) is 1.33. The second kappa shape index (κ2) is 7.38. The Balaban J connectivity index is 1.78. The molecular weight excluding hydrogens is 259 g/mol. The first-order valence-electron chi connectivity index (χ1n) is 6.52. The molecule has 0 heterocycles. The molecule has 106 valence electrons. The molecule has 0 aromatic heterocycles. The Morgan fingerprint density at radius 2 is 1.55 bits per heavy atom. The highest BCUT2D eigenvalue weighted by molar-refractivity contribution is 5.32. The predicted molar refractivity (Wildman–Crippen MR) is 75.0 cm³/mol. The van der Waals surface area contributed by atoms with Crippen molar-refractivity contribution in [3.8, 4) is 17.2 Å². The van der Waals surface area contributed by atoms with E-state index in [0.29, 0.717) is 19.0 Å². The largest absolute Gasteiger partial charge is 0.494 e. The van der Waals surface area contributed by atoms with Crippen molar-refractivity contribution < 1.29 is 18.6 Å². The first-order chi connectivity index (χ1) is 9.79. The van der Waals surface area contributed by atoms with E-state index in [1.165, 1.54) is 6.07 Å². The third-order valence-electron chi connectivity index (χ3n) is 2.56. The van der Waals surface area contributed by atoms with Crippen LogP contribution in [0.2, 0.25) is 0 Å². The molecule has 3 nitrogen and oxygen atoms in total. The fraction of sp³-hybridized carbons (Fsp3) is 0.250. The number of benzene rings is 2. The van der Waals surface area contributed by atoms with E-state index < -0.39 is 0 Å². The van der Waals surface area contributed by atoms with Gasteiger partial charge in [-0.15, -0.1) is 0 Å². The van der Waals surface area contributed by atoms with Crippen LogP contribution < -0.4 is 14.2 Å². The van der Waals surface area contributed by atoms with E-state index in [1.807, 2.05) is 31.2 Å². The second-order valence-electron chi connectivity index (χ2n) is 4.04. The molecule has 0 N–H and O–H groups in total. The van der Waals surface area contributed by atoms with Gasteiger partial charge in [-0.05, 0) is 31.2 Å². The minimum Gasteiger partial charge on any atom is -0.494 e. The third kappa shape index (κ3) is 4.16. The Hall–Kier alpha value is -2.23. The normalized spacial score (nSPS) is 10.1. The molecule has 2 aromatic carbocycles. The second-order valence-corrected chi connectivity index (χ2v) is 4.04. The molecule has 20 heavy (non-hydrogen) atoms. The minimum atomic E-state index is -0.370. The average Bonchev–Trinajstić information content (AvgIpc) is 2.46. The number of halogens is 1. The Kier molecular flexibility index (Phi) is 5.24. The van der Waals surface area contributed by atoms with Crippen LogP contribution in [0.4, 0.5) is 4.39 Å². The molecule has 0 radical (unpaired) electrons. The highest BCUT2D eigenvalue weighted by Gasteiger charge is 2.01. The Morgan fingerprint density at radius 1 is 0.850 bits per heavy atom. The van der Waals surface area contributed by atoms with Gasteiger partial charge < -0.3 is 14.2 Å². The van der Waals surface area contributed by atoms with Gasteiger partial charge in [0.2, 0.25) is 0 Å². The number of hydrogen-bond donors (Lipinski definition) is 0. The molecule has 0 aliphatic rings. The lowest BCUT2D eigenvalue weighted by Gasteiger charge is -2.10. The molecule has 0 saturated carbocycles. The molecule has 0 saturated heterocycles. The van der Waals surface area contributed by atoms with Crippen molar-refractivity contribution in [2.45, 2.75) is 6.92 Å². The molecule has 4 heteroatoms. The highest BCUT2D eigenvalue weighted by Crippen LogP contribution is 2.19. The summed E-state index contributed by atoms with van der Waals surface area (Å²) in [7, 11) is 0. The maximum atomic E-state index is 13.3. The molecule has 0 bridgehead atoms. The summed E-state index contributed by atoms with van der Waals surface area (Å²) in [6.45, 7) is 3.15. The lowest BCUT2D eigenvalue weighted by Crippen LogP contribution is -2.09. The summed E-state index contributed by atoms with van der Waals surface area (Å²) in [4.78, 5) is 0. The molecule has 0 spiro atoms. The maximum absolute atomic E-state index is 13.3. The van der Waals surface area contributed by atoms with Gasteiger partial charge in [-0.2, -0.15) is 0 Å². The summed E-state index contributed by atoms with van der Waals surface area (Å²) in [5, 5.41) is 0. The van der Waals surface area contributed by atoms with Crippen molar-refractivity contribution in [1.82, 2.24) is 0 Å². The van der Waals surface area contributed by atoms with Gasteiger partial charge in [-0.1, -0.05) is 18.2 Å². The smallest absolute Gasteiger partial charge is 0.165 e. The molecule has 2 rings (SSSR count). The number of ether oxygens (including phenoxy) is 3. The predicted octanol–water partition coefficient (Wildman–Crippen LogP) is 3.68. The highest BCUT2D eigenvalue weighted by atomic mass is 19.1.